The quantitative estimate of drug-likeness (QED) is 0.724. The van der Waals surface area contributed by atoms with E-state index in [1.54, 1.807) is 0 Å². The number of hydrogen-bond donors (Lipinski definition) is 1. The van der Waals surface area contributed by atoms with Gasteiger partial charge in [0.25, 0.3) is 0 Å². The fraction of sp³-hybridized carbons (Fsp3) is 1.00. The lowest BCUT2D eigenvalue weighted by molar-refractivity contribution is 0.243. The fourth-order valence-electron chi connectivity index (χ4n) is 2.70. The van der Waals surface area contributed by atoms with Crippen molar-refractivity contribution >= 4 is 0 Å². The summed E-state index contributed by atoms with van der Waals surface area (Å²) in [5.41, 5.74) is 0. The van der Waals surface area contributed by atoms with Crippen molar-refractivity contribution in [3.05, 3.63) is 0 Å². The van der Waals surface area contributed by atoms with Crippen LogP contribution in [-0.2, 0) is 0 Å². The summed E-state index contributed by atoms with van der Waals surface area (Å²) in [6.45, 7) is 7.62. The molecule has 2 heterocycles. The molecule has 2 aliphatic rings. The first kappa shape index (κ1) is 11.4. The van der Waals surface area contributed by atoms with Crippen molar-refractivity contribution < 1.29 is 0 Å². The van der Waals surface area contributed by atoms with Gasteiger partial charge in [0, 0.05) is 25.7 Å². The molecule has 2 saturated heterocycles. The molecule has 1 N–H and O–H groups in total. The van der Waals surface area contributed by atoms with Gasteiger partial charge in [-0.25, -0.2) is 0 Å². The summed E-state index contributed by atoms with van der Waals surface area (Å²) in [6.07, 6.45) is 5.56. The molecule has 0 aromatic heterocycles. The van der Waals surface area contributed by atoms with Gasteiger partial charge in [-0.05, 0) is 52.4 Å². The zero-order chi connectivity index (χ0) is 10.5. The van der Waals surface area contributed by atoms with Gasteiger partial charge in [0.05, 0.1) is 0 Å². The Hall–Kier alpha value is -0.120. The van der Waals surface area contributed by atoms with E-state index < -0.39 is 0 Å². The maximum absolute atomic E-state index is 3.56. The van der Waals surface area contributed by atoms with Gasteiger partial charge in [0.2, 0.25) is 0 Å². The minimum Gasteiger partial charge on any atom is -0.313 e. The van der Waals surface area contributed by atoms with Crippen LogP contribution in [0.3, 0.4) is 0 Å². The van der Waals surface area contributed by atoms with Crippen LogP contribution in [-0.4, -0.2) is 62.2 Å². The molecule has 1 atom stereocenters. The van der Waals surface area contributed by atoms with Gasteiger partial charge >= 0.3 is 0 Å². The first-order chi connectivity index (χ1) is 7.34. The van der Waals surface area contributed by atoms with Gasteiger partial charge in [0.15, 0.2) is 0 Å². The zero-order valence-corrected chi connectivity index (χ0v) is 10.0. The van der Waals surface area contributed by atoms with E-state index in [-0.39, 0.29) is 0 Å². The van der Waals surface area contributed by atoms with Crippen LogP contribution in [0.15, 0.2) is 0 Å². The summed E-state index contributed by atoms with van der Waals surface area (Å²) in [7, 11) is 2.26. The lowest BCUT2D eigenvalue weighted by atomic mass is 10.2. The van der Waals surface area contributed by atoms with Gasteiger partial charge in [-0.15, -0.1) is 0 Å². The monoisotopic (exact) mass is 211 g/mol. The van der Waals surface area contributed by atoms with Crippen LogP contribution in [0.25, 0.3) is 0 Å². The van der Waals surface area contributed by atoms with Gasteiger partial charge in [-0.2, -0.15) is 0 Å². The topological polar surface area (TPSA) is 18.5 Å². The summed E-state index contributed by atoms with van der Waals surface area (Å²) in [6, 6.07) is 0.758. The third-order valence-electron chi connectivity index (χ3n) is 3.69. The second kappa shape index (κ2) is 5.83. The molecule has 15 heavy (non-hydrogen) atoms. The highest BCUT2D eigenvalue weighted by Crippen LogP contribution is 2.08. The number of likely N-dealkylation sites (tertiary alicyclic amines) is 1. The van der Waals surface area contributed by atoms with Gasteiger partial charge in [-0.3, -0.25) is 0 Å². The standard InChI is InChI=1S/C12H25N3/c1-14(11-12-5-4-6-13-12)9-10-15-7-2-3-8-15/h12-13H,2-11H2,1H3. The van der Waals surface area contributed by atoms with Crippen LogP contribution in [0, 0.1) is 0 Å². The van der Waals surface area contributed by atoms with E-state index in [1.165, 1.54) is 65.0 Å². The summed E-state index contributed by atoms with van der Waals surface area (Å²) < 4.78 is 0. The van der Waals surface area contributed by atoms with Crippen LogP contribution in [0.1, 0.15) is 25.7 Å². The number of nitrogens with zero attached hydrogens (tertiary/aromatic N) is 2. The lowest BCUT2D eigenvalue weighted by Gasteiger charge is -2.23. The molecule has 2 fully saturated rings. The summed E-state index contributed by atoms with van der Waals surface area (Å²) in [5, 5.41) is 3.56. The number of hydrogen-bond acceptors (Lipinski definition) is 3. The Labute approximate surface area is 93.8 Å². The highest BCUT2D eigenvalue weighted by molar-refractivity contribution is 4.77. The smallest absolute Gasteiger partial charge is 0.0195 e. The zero-order valence-electron chi connectivity index (χ0n) is 10.0. The molecule has 1 unspecified atom stereocenters. The predicted molar refractivity (Wildman–Crippen MR) is 64.2 cm³/mol. The molecule has 0 aromatic rings. The summed E-state index contributed by atoms with van der Waals surface area (Å²) in [5.74, 6) is 0. The van der Waals surface area contributed by atoms with Crippen molar-refractivity contribution in [2.24, 2.45) is 0 Å². The van der Waals surface area contributed by atoms with Crippen LogP contribution in [0.4, 0.5) is 0 Å². The van der Waals surface area contributed by atoms with E-state index in [1.807, 2.05) is 0 Å². The van der Waals surface area contributed by atoms with Gasteiger partial charge in [-0.1, -0.05) is 0 Å². The lowest BCUT2D eigenvalue weighted by Crippen LogP contribution is -2.39. The van der Waals surface area contributed by atoms with Crippen LogP contribution >= 0.6 is 0 Å². The van der Waals surface area contributed by atoms with Crippen molar-refractivity contribution in [1.29, 1.82) is 0 Å². The number of nitrogens with one attached hydrogen (secondary N) is 1. The van der Waals surface area contributed by atoms with E-state index in [4.69, 9.17) is 0 Å². The molecule has 0 aromatic carbocycles. The third-order valence-corrected chi connectivity index (χ3v) is 3.69. The minimum absolute atomic E-state index is 0.758. The first-order valence-electron chi connectivity index (χ1n) is 6.49. The minimum atomic E-state index is 0.758. The molecule has 0 aliphatic carbocycles. The Morgan fingerprint density at radius 2 is 2.07 bits per heavy atom. The van der Waals surface area contributed by atoms with E-state index >= 15 is 0 Å². The largest absolute Gasteiger partial charge is 0.313 e. The van der Waals surface area contributed by atoms with Gasteiger partial charge < -0.3 is 15.1 Å². The van der Waals surface area contributed by atoms with E-state index in [0.29, 0.717) is 0 Å². The molecule has 0 saturated carbocycles. The fourth-order valence-corrected chi connectivity index (χ4v) is 2.70. The molecule has 2 aliphatic heterocycles. The summed E-state index contributed by atoms with van der Waals surface area (Å²) >= 11 is 0. The molecule has 0 radical (unpaired) electrons. The maximum atomic E-state index is 3.56. The molecule has 3 heteroatoms. The van der Waals surface area contributed by atoms with Crippen molar-refractivity contribution in [3.8, 4) is 0 Å². The van der Waals surface area contributed by atoms with Crippen molar-refractivity contribution in [2.45, 2.75) is 31.7 Å². The third kappa shape index (κ3) is 3.74. The van der Waals surface area contributed by atoms with E-state index in [9.17, 15) is 0 Å². The Kier molecular flexibility index (Phi) is 4.42. The van der Waals surface area contributed by atoms with Crippen LogP contribution in [0.5, 0.6) is 0 Å². The van der Waals surface area contributed by atoms with Crippen LogP contribution < -0.4 is 5.32 Å². The summed E-state index contributed by atoms with van der Waals surface area (Å²) in [4.78, 5) is 5.08. The molecule has 2 rings (SSSR count). The molecule has 3 nitrogen and oxygen atoms in total. The highest BCUT2D eigenvalue weighted by Gasteiger charge is 2.17. The molecular weight excluding hydrogens is 186 g/mol. The number of likely N-dealkylation sites (N-methyl/N-ethyl adjacent to an activating group) is 1. The van der Waals surface area contributed by atoms with E-state index in [2.05, 4.69) is 22.2 Å². The van der Waals surface area contributed by atoms with Crippen LogP contribution in [0.2, 0.25) is 0 Å². The highest BCUT2D eigenvalue weighted by atomic mass is 15.2. The normalized spacial score (nSPS) is 28.0. The Morgan fingerprint density at radius 3 is 2.73 bits per heavy atom. The predicted octanol–water partition coefficient (Wildman–Crippen LogP) is 0.766. The maximum Gasteiger partial charge on any atom is 0.0195 e. The Balaban J connectivity index is 1.57. The number of rotatable bonds is 5. The van der Waals surface area contributed by atoms with Gasteiger partial charge in [0.1, 0.15) is 0 Å². The van der Waals surface area contributed by atoms with Crippen molar-refractivity contribution in [2.75, 3.05) is 46.3 Å². The molecule has 0 spiro atoms. The molecule has 88 valence electrons. The second-order valence-corrected chi connectivity index (χ2v) is 5.10. The van der Waals surface area contributed by atoms with E-state index in [0.717, 1.165) is 6.04 Å². The Morgan fingerprint density at radius 1 is 1.27 bits per heavy atom. The SMILES string of the molecule is CN(CCN1CCCC1)CC1CCCN1. The first-order valence-corrected chi connectivity index (χ1v) is 6.49. The van der Waals surface area contributed by atoms with Crippen molar-refractivity contribution in [3.63, 3.8) is 0 Å². The Bertz CT molecular complexity index is 172. The molecular formula is C12H25N3. The average Bonchev–Trinajstić information content (AvgIpc) is 2.86. The molecule has 0 bridgehead atoms. The van der Waals surface area contributed by atoms with Crippen molar-refractivity contribution in [1.82, 2.24) is 15.1 Å². The molecule has 0 amide bonds. The average molecular weight is 211 g/mol. The second-order valence-electron chi connectivity index (χ2n) is 5.10.